The molecule has 2 aromatic carbocycles. The molecule has 0 aromatic heterocycles. The fraction of sp³-hybridized carbons (Fsp3) is 0.478. The summed E-state index contributed by atoms with van der Waals surface area (Å²) in [5.74, 6) is -0.425. The van der Waals surface area contributed by atoms with E-state index in [1.165, 1.54) is 18.2 Å². The largest absolute Gasteiger partial charge is 0.494 e. The molecule has 3 heterocycles. The van der Waals surface area contributed by atoms with Gasteiger partial charge in [-0.1, -0.05) is 18.2 Å². The van der Waals surface area contributed by atoms with E-state index < -0.39 is 31.3 Å². The second kappa shape index (κ2) is 8.82. The lowest BCUT2D eigenvalue weighted by molar-refractivity contribution is -0.00928. The molecule has 0 aliphatic carbocycles. The molecular weight excluding hydrogens is 439 g/mol. The summed E-state index contributed by atoms with van der Waals surface area (Å²) in [6.07, 6.45) is 3.37. The van der Waals surface area contributed by atoms with Crippen LogP contribution in [-0.4, -0.2) is 48.3 Å². The summed E-state index contributed by atoms with van der Waals surface area (Å²) in [5, 5.41) is 21.0. The normalized spacial score (nSPS) is 25.9. The molecular formula is C23H30B2FN3O5. The molecule has 2 atom stereocenters. The van der Waals surface area contributed by atoms with Crippen LogP contribution in [0.2, 0.25) is 0 Å². The average molecular weight is 469 g/mol. The van der Waals surface area contributed by atoms with Gasteiger partial charge in [-0.2, -0.15) is 0 Å². The first-order valence-electron chi connectivity index (χ1n) is 11.7. The highest BCUT2D eigenvalue weighted by Crippen LogP contribution is 2.40. The first-order chi connectivity index (χ1) is 16.2. The Morgan fingerprint density at radius 3 is 2.71 bits per heavy atom. The molecule has 8 nitrogen and oxygen atoms in total. The Labute approximate surface area is 199 Å². The van der Waals surface area contributed by atoms with Gasteiger partial charge in [-0.25, -0.2) is 4.39 Å². The quantitative estimate of drug-likeness (QED) is 0.486. The topological polar surface area (TPSA) is 95.5 Å². The Morgan fingerprint density at radius 1 is 1.15 bits per heavy atom. The van der Waals surface area contributed by atoms with Crippen molar-refractivity contribution in [3.8, 4) is 0 Å². The van der Waals surface area contributed by atoms with Gasteiger partial charge in [0.05, 0.1) is 22.6 Å². The molecule has 3 aliphatic heterocycles. The molecule has 180 valence electrons. The van der Waals surface area contributed by atoms with Crippen LogP contribution in [0.15, 0.2) is 36.4 Å². The second-order valence-electron chi connectivity index (χ2n) is 9.91. The van der Waals surface area contributed by atoms with Crippen LogP contribution in [-0.2, 0) is 20.5 Å². The van der Waals surface area contributed by atoms with Crippen LogP contribution in [0, 0.1) is 5.82 Å². The van der Waals surface area contributed by atoms with Gasteiger partial charge in [0, 0.05) is 13.0 Å². The first-order valence-corrected chi connectivity index (χ1v) is 11.7. The van der Waals surface area contributed by atoms with E-state index in [4.69, 9.17) is 14.0 Å². The van der Waals surface area contributed by atoms with Gasteiger partial charge in [-0.05, 0) is 74.7 Å². The van der Waals surface area contributed by atoms with Crippen LogP contribution in [0.1, 0.15) is 45.6 Å². The van der Waals surface area contributed by atoms with E-state index in [2.05, 4.69) is 11.0 Å². The molecule has 0 amide bonds. The van der Waals surface area contributed by atoms with Gasteiger partial charge in [-0.3, -0.25) is 5.01 Å². The number of fused-ring (bicyclic) bond motifs is 1. The molecule has 0 bridgehead atoms. The number of anilines is 2. The number of hydrogen-bond acceptors (Lipinski definition) is 8. The number of nitrogens with zero attached hydrogens (tertiary/aromatic N) is 1. The molecule has 0 radical (unpaired) electrons. The maximum absolute atomic E-state index is 14.6. The number of hydrazine groups is 2. The number of hydrogen-bond donors (Lipinski definition) is 4. The maximum Gasteiger partial charge on any atom is 0.494 e. The smallest absolute Gasteiger partial charge is 0.423 e. The molecule has 2 unspecified atom stereocenters. The van der Waals surface area contributed by atoms with Crippen LogP contribution in [0.4, 0.5) is 15.8 Å². The lowest BCUT2D eigenvalue weighted by Crippen LogP contribution is -2.47. The van der Waals surface area contributed by atoms with Crippen LogP contribution in [0.25, 0.3) is 0 Å². The third-order valence-corrected chi connectivity index (χ3v) is 7.25. The zero-order valence-corrected chi connectivity index (χ0v) is 19.7. The Hall–Kier alpha value is -2.14. The molecule has 11 heteroatoms. The van der Waals surface area contributed by atoms with E-state index in [0.717, 1.165) is 42.7 Å². The van der Waals surface area contributed by atoms with Crippen molar-refractivity contribution >= 4 is 36.5 Å². The minimum absolute atomic E-state index is 0.0161. The molecule has 0 saturated carbocycles. The van der Waals surface area contributed by atoms with Crippen molar-refractivity contribution in [1.29, 1.82) is 0 Å². The van der Waals surface area contributed by atoms with Crippen molar-refractivity contribution in [2.24, 2.45) is 0 Å². The lowest BCUT2D eigenvalue weighted by atomic mass is 9.77. The van der Waals surface area contributed by atoms with E-state index in [9.17, 15) is 14.4 Å². The van der Waals surface area contributed by atoms with Gasteiger partial charge in [0.15, 0.2) is 0 Å². The minimum Gasteiger partial charge on any atom is -0.423 e. The van der Waals surface area contributed by atoms with Crippen molar-refractivity contribution < 1.29 is 28.5 Å². The number of benzene rings is 2. The molecule has 4 N–H and O–H groups in total. The van der Waals surface area contributed by atoms with Crippen LogP contribution in [0.5, 0.6) is 0 Å². The Kier molecular flexibility index (Phi) is 6.12. The van der Waals surface area contributed by atoms with Gasteiger partial charge in [-0.15, -0.1) is 5.53 Å². The van der Waals surface area contributed by atoms with Gasteiger partial charge in [0.1, 0.15) is 12.0 Å². The summed E-state index contributed by atoms with van der Waals surface area (Å²) in [5.41, 5.74) is 8.12. The van der Waals surface area contributed by atoms with Gasteiger partial charge in [0.2, 0.25) is 0 Å². The van der Waals surface area contributed by atoms with Gasteiger partial charge in [0.25, 0.3) is 0 Å². The van der Waals surface area contributed by atoms with Gasteiger partial charge < -0.3 is 29.5 Å². The summed E-state index contributed by atoms with van der Waals surface area (Å²) < 4.78 is 33.2. The Balaban J connectivity index is 1.36. The average Bonchev–Trinajstić information content (AvgIpc) is 3.33. The van der Waals surface area contributed by atoms with Gasteiger partial charge >= 0.3 is 14.2 Å². The highest BCUT2D eigenvalue weighted by atomic mass is 19.1. The minimum atomic E-state index is -1.67. The summed E-state index contributed by atoms with van der Waals surface area (Å²) in [7, 11) is -2.30. The number of halogens is 1. The van der Waals surface area contributed by atoms with E-state index in [0.29, 0.717) is 5.56 Å². The number of ether oxygens (including phenoxy) is 1. The number of rotatable bonds is 5. The Morgan fingerprint density at radius 2 is 1.97 bits per heavy atom. The molecule has 0 spiro atoms. The molecule has 34 heavy (non-hydrogen) atoms. The summed E-state index contributed by atoms with van der Waals surface area (Å²) in [6, 6.07) is 10.0. The standard InChI is InChI=1S/C23H30B2FN3O5/c1-22(2)23(3,14-15-12-16(24(30)31)7-9-18(15)26)34-25(33-22)17-8-10-20-19(13-17)27-28-29(20)21-6-4-5-11-32-21/h7-10,12-13,21,27-28,30-31H,4-6,11,14H2,1-3H3. The number of nitrogens with one attached hydrogen (secondary N) is 2. The lowest BCUT2D eigenvalue weighted by Gasteiger charge is -2.36. The summed E-state index contributed by atoms with van der Waals surface area (Å²) >= 11 is 0. The SMILES string of the molecule is CC1(C)OB(c2ccc3c(c2)NNN3C2CCCCO2)OC1(C)Cc1cc(B(O)O)ccc1F. The highest BCUT2D eigenvalue weighted by molar-refractivity contribution is 6.62. The Bertz CT molecular complexity index is 1070. The van der Waals surface area contributed by atoms with E-state index >= 15 is 0 Å². The fourth-order valence-corrected chi connectivity index (χ4v) is 4.78. The monoisotopic (exact) mass is 469 g/mol. The molecule has 2 aromatic rings. The highest BCUT2D eigenvalue weighted by Gasteiger charge is 2.55. The van der Waals surface area contributed by atoms with Crippen molar-refractivity contribution in [1.82, 2.24) is 5.53 Å². The fourth-order valence-electron chi connectivity index (χ4n) is 4.78. The first kappa shape index (κ1) is 23.6. The second-order valence-corrected chi connectivity index (χ2v) is 9.91. The van der Waals surface area contributed by atoms with Crippen molar-refractivity contribution in [3.63, 3.8) is 0 Å². The van der Waals surface area contributed by atoms with E-state index in [1.807, 2.05) is 44.0 Å². The van der Waals surface area contributed by atoms with E-state index in [-0.39, 0.29) is 18.1 Å². The zero-order chi connectivity index (χ0) is 24.1. The van der Waals surface area contributed by atoms with E-state index in [1.54, 1.807) is 0 Å². The third kappa shape index (κ3) is 4.21. The van der Waals surface area contributed by atoms with Crippen molar-refractivity contribution in [2.75, 3.05) is 17.0 Å². The molecule has 5 rings (SSSR count). The molecule has 3 aliphatic rings. The predicted octanol–water partition coefficient (Wildman–Crippen LogP) is 1.21. The van der Waals surface area contributed by atoms with Crippen LogP contribution >= 0.6 is 0 Å². The van der Waals surface area contributed by atoms with Crippen molar-refractivity contribution in [2.45, 2.75) is 63.9 Å². The summed E-state index contributed by atoms with van der Waals surface area (Å²) in [6.45, 7) is 6.49. The predicted molar refractivity (Wildman–Crippen MR) is 129 cm³/mol. The summed E-state index contributed by atoms with van der Waals surface area (Å²) in [4.78, 5) is 0. The third-order valence-electron chi connectivity index (χ3n) is 7.25. The van der Waals surface area contributed by atoms with Crippen LogP contribution in [0.3, 0.4) is 0 Å². The molecule has 2 saturated heterocycles. The van der Waals surface area contributed by atoms with Crippen molar-refractivity contribution in [3.05, 3.63) is 47.8 Å². The molecule has 2 fully saturated rings. The maximum atomic E-state index is 14.6. The zero-order valence-electron chi connectivity index (χ0n) is 19.7. The van der Waals surface area contributed by atoms with Crippen LogP contribution < -0.4 is 26.9 Å².